The minimum atomic E-state index is -0.286. The summed E-state index contributed by atoms with van der Waals surface area (Å²) in [5.41, 5.74) is -0.286. The highest BCUT2D eigenvalue weighted by Gasteiger charge is 2.47. The fraction of sp³-hybridized carbons (Fsp3) is 0.375. The van der Waals surface area contributed by atoms with E-state index in [-0.39, 0.29) is 5.41 Å². The van der Waals surface area contributed by atoms with E-state index in [1.54, 1.807) is 6.26 Å². The van der Waals surface area contributed by atoms with Crippen molar-refractivity contribution in [1.82, 2.24) is 0 Å². The Balaban J connectivity index is 2.38. The Morgan fingerprint density at radius 3 is 2.73 bits per heavy atom. The molecule has 0 atom stereocenters. The van der Waals surface area contributed by atoms with Crippen LogP contribution in [-0.4, -0.2) is 0 Å². The first-order valence-corrected chi connectivity index (χ1v) is 4.22. The zero-order chi connectivity index (χ0) is 7.90. The van der Waals surface area contributed by atoms with Crippen molar-refractivity contribution in [2.75, 3.05) is 0 Å². The summed E-state index contributed by atoms with van der Waals surface area (Å²) < 4.78 is 6.12. The van der Waals surface area contributed by atoms with Crippen LogP contribution in [0.4, 0.5) is 0 Å². The van der Waals surface area contributed by atoms with Gasteiger partial charge in [-0.05, 0) is 34.8 Å². The van der Waals surface area contributed by atoms with Gasteiger partial charge >= 0.3 is 0 Å². The molecule has 2 rings (SSSR count). The van der Waals surface area contributed by atoms with Crippen molar-refractivity contribution in [3.05, 3.63) is 22.6 Å². The summed E-state index contributed by atoms with van der Waals surface area (Å²) in [5.74, 6) is 0.798. The number of hydrogen-bond donors (Lipinski definition) is 0. The summed E-state index contributed by atoms with van der Waals surface area (Å²) in [6, 6.07) is 4.14. The molecular weight excluding hydrogens is 206 g/mol. The van der Waals surface area contributed by atoms with E-state index in [1.165, 1.54) is 0 Å². The van der Waals surface area contributed by atoms with Gasteiger partial charge in [-0.25, -0.2) is 0 Å². The number of hydrogen-bond acceptors (Lipinski definition) is 2. The third-order valence-corrected chi connectivity index (χ3v) is 2.42. The maximum atomic E-state index is 8.79. The highest BCUT2D eigenvalue weighted by Crippen LogP contribution is 2.48. The second-order valence-electron chi connectivity index (χ2n) is 2.82. The van der Waals surface area contributed by atoms with Crippen molar-refractivity contribution in [2.24, 2.45) is 0 Å². The molecule has 1 aliphatic carbocycles. The summed E-state index contributed by atoms with van der Waals surface area (Å²) in [5, 5.41) is 8.79. The van der Waals surface area contributed by atoms with Gasteiger partial charge in [-0.15, -0.1) is 0 Å². The van der Waals surface area contributed by atoms with Crippen LogP contribution in [0.5, 0.6) is 0 Å². The van der Waals surface area contributed by atoms with Crippen molar-refractivity contribution in [3.8, 4) is 6.07 Å². The average molecular weight is 212 g/mol. The van der Waals surface area contributed by atoms with Crippen LogP contribution < -0.4 is 0 Å². The van der Waals surface area contributed by atoms with E-state index in [0.29, 0.717) is 0 Å². The molecule has 2 nitrogen and oxygen atoms in total. The molecule has 0 spiro atoms. The summed E-state index contributed by atoms with van der Waals surface area (Å²) in [4.78, 5) is 0. The van der Waals surface area contributed by atoms with Gasteiger partial charge in [0.1, 0.15) is 17.4 Å². The van der Waals surface area contributed by atoms with Crippen LogP contribution in [-0.2, 0) is 5.41 Å². The number of nitriles is 1. The Kier molecular flexibility index (Phi) is 1.33. The lowest BCUT2D eigenvalue weighted by atomic mass is 10.1. The quantitative estimate of drug-likeness (QED) is 0.717. The van der Waals surface area contributed by atoms with Gasteiger partial charge in [0.25, 0.3) is 0 Å². The summed E-state index contributed by atoms with van der Waals surface area (Å²) in [6.45, 7) is 0. The Bertz CT molecular complexity index is 319. The molecule has 11 heavy (non-hydrogen) atoms. The van der Waals surface area contributed by atoms with Crippen LogP contribution in [0.2, 0.25) is 0 Å². The van der Waals surface area contributed by atoms with Crippen LogP contribution in [0, 0.1) is 11.3 Å². The molecule has 1 aliphatic rings. The molecule has 0 saturated heterocycles. The molecule has 1 saturated carbocycles. The van der Waals surface area contributed by atoms with E-state index in [0.717, 1.165) is 23.1 Å². The Morgan fingerprint density at radius 2 is 2.36 bits per heavy atom. The highest BCUT2D eigenvalue weighted by molar-refractivity contribution is 9.10. The van der Waals surface area contributed by atoms with E-state index in [4.69, 9.17) is 9.68 Å². The van der Waals surface area contributed by atoms with E-state index in [2.05, 4.69) is 22.0 Å². The molecule has 1 aromatic rings. The molecule has 0 unspecified atom stereocenters. The lowest BCUT2D eigenvalue weighted by molar-refractivity contribution is 0.486. The summed E-state index contributed by atoms with van der Waals surface area (Å²) in [7, 11) is 0. The standard InChI is InChI=1S/C8H6BrNO/c9-6-3-7(11-4-6)8(5-10)1-2-8/h3-4H,1-2H2. The fourth-order valence-corrected chi connectivity index (χ4v) is 1.40. The zero-order valence-corrected chi connectivity index (χ0v) is 7.39. The maximum Gasteiger partial charge on any atom is 0.125 e. The largest absolute Gasteiger partial charge is 0.466 e. The lowest BCUT2D eigenvalue weighted by Crippen LogP contribution is -1.99. The summed E-state index contributed by atoms with van der Waals surface area (Å²) >= 11 is 3.28. The van der Waals surface area contributed by atoms with Crippen LogP contribution in [0.15, 0.2) is 21.2 Å². The zero-order valence-electron chi connectivity index (χ0n) is 5.80. The van der Waals surface area contributed by atoms with Crippen molar-refractivity contribution in [2.45, 2.75) is 18.3 Å². The molecule has 56 valence electrons. The van der Waals surface area contributed by atoms with Gasteiger partial charge in [-0.3, -0.25) is 0 Å². The van der Waals surface area contributed by atoms with Crippen molar-refractivity contribution >= 4 is 15.9 Å². The number of rotatable bonds is 1. The molecular formula is C8H6BrNO. The predicted octanol–water partition coefficient (Wildman–Crippen LogP) is 2.60. The van der Waals surface area contributed by atoms with Crippen molar-refractivity contribution < 1.29 is 4.42 Å². The monoisotopic (exact) mass is 211 g/mol. The van der Waals surface area contributed by atoms with Crippen LogP contribution in [0.3, 0.4) is 0 Å². The van der Waals surface area contributed by atoms with E-state index in [9.17, 15) is 0 Å². The molecule has 1 aromatic heterocycles. The van der Waals surface area contributed by atoms with E-state index in [1.807, 2.05) is 6.07 Å². The molecule has 0 bridgehead atoms. The minimum Gasteiger partial charge on any atom is -0.466 e. The normalized spacial score (nSPS) is 19.3. The Hall–Kier alpha value is -0.750. The highest BCUT2D eigenvalue weighted by atomic mass is 79.9. The second kappa shape index (κ2) is 2.12. The SMILES string of the molecule is N#CC1(c2cc(Br)co2)CC1. The first-order valence-electron chi connectivity index (χ1n) is 3.43. The number of nitrogens with zero attached hydrogens (tertiary/aromatic N) is 1. The first-order chi connectivity index (χ1) is 5.27. The third kappa shape index (κ3) is 0.982. The van der Waals surface area contributed by atoms with Crippen LogP contribution in [0.1, 0.15) is 18.6 Å². The summed E-state index contributed by atoms with van der Waals surface area (Å²) in [6.07, 6.45) is 3.49. The Labute approximate surface area is 72.9 Å². The molecule has 0 amide bonds. The molecule has 1 heterocycles. The minimum absolute atomic E-state index is 0.286. The van der Waals surface area contributed by atoms with E-state index >= 15 is 0 Å². The van der Waals surface area contributed by atoms with Crippen LogP contribution >= 0.6 is 15.9 Å². The second-order valence-corrected chi connectivity index (χ2v) is 3.74. The van der Waals surface area contributed by atoms with Gasteiger partial charge in [0.15, 0.2) is 0 Å². The van der Waals surface area contributed by atoms with Crippen molar-refractivity contribution in [1.29, 1.82) is 5.26 Å². The maximum absolute atomic E-state index is 8.79. The molecule has 1 fully saturated rings. The average Bonchev–Trinajstić information content (AvgIpc) is 2.70. The molecule has 0 aliphatic heterocycles. The number of halogens is 1. The molecule has 3 heteroatoms. The van der Waals surface area contributed by atoms with Gasteiger partial charge in [-0.1, -0.05) is 0 Å². The van der Waals surface area contributed by atoms with Gasteiger partial charge in [0.2, 0.25) is 0 Å². The molecule has 0 aromatic carbocycles. The third-order valence-electron chi connectivity index (χ3n) is 2.00. The van der Waals surface area contributed by atoms with Gasteiger partial charge in [0.05, 0.1) is 10.5 Å². The van der Waals surface area contributed by atoms with Gasteiger partial charge in [0, 0.05) is 0 Å². The predicted molar refractivity (Wildman–Crippen MR) is 42.9 cm³/mol. The topological polar surface area (TPSA) is 36.9 Å². The van der Waals surface area contributed by atoms with E-state index < -0.39 is 0 Å². The first kappa shape index (κ1) is 6.93. The van der Waals surface area contributed by atoms with Gasteiger partial charge < -0.3 is 4.42 Å². The van der Waals surface area contributed by atoms with Gasteiger partial charge in [-0.2, -0.15) is 5.26 Å². The molecule has 0 radical (unpaired) electrons. The van der Waals surface area contributed by atoms with Crippen molar-refractivity contribution in [3.63, 3.8) is 0 Å². The smallest absolute Gasteiger partial charge is 0.125 e. The fourth-order valence-electron chi connectivity index (χ4n) is 1.10. The lowest BCUT2D eigenvalue weighted by Gasteiger charge is -1.96. The molecule has 0 N–H and O–H groups in total. The number of furan rings is 1. The van der Waals surface area contributed by atoms with Crippen LogP contribution in [0.25, 0.3) is 0 Å². The Morgan fingerprint density at radius 1 is 1.64 bits per heavy atom.